The summed E-state index contributed by atoms with van der Waals surface area (Å²) in [4.78, 5) is 16.6. The second-order valence-electron chi connectivity index (χ2n) is 7.05. The summed E-state index contributed by atoms with van der Waals surface area (Å²) < 4.78 is 40.3. The molecular formula is C20H15ClF2N6O2. The van der Waals surface area contributed by atoms with Crippen molar-refractivity contribution in [2.24, 2.45) is 0 Å². The van der Waals surface area contributed by atoms with Gasteiger partial charge in [0, 0.05) is 23.9 Å². The van der Waals surface area contributed by atoms with Crippen LogP contribution in [-0.4, -0.2) is 43.8 Å². The van der Waals surface area contributed by atoms with E-state index in [-0.39, 0.29) is 28.7 Å². The smallest absolute Gasteiger partial charge is 0.319 e. The molecule has 2 atom stereocenters. The maximum Gasteiger partial charge on any atom is 0.319 e. The van der Waals surface area contributed by atoms with Crippen molar-refractivity contribution in [1.82, 2.24) is 29.5 Å². The molecule has 4 aromatic heterocycles. The molecule has 0 amide bonds. The second kappa shape index (κ2) is 7.38. The summed E-state index contributed by atoms with van der Waals surface area (Å²) in [6, 6.07) is 3.14. The zero-order chi connectivity index (χ0) is 21.7. The largest absolute Gasteiger partial charge is 0.480 e. The lowest BCUT2D eigenvalue weighted by Gasteiger charge is -2.11. The zero-order valence-electron chi connectivity index (χ0n) is 16.4. The third-order valence-electron chi connectivity index (χ3n) is 5.22. The van der Waals surface area contributed by atoms with Gasteiger partial charge in [-0.25, -0.2) is 14.4 Å². The highest BCUT2D eigenvalue weighted by atomic mass is 35.5. The number of pyridine rings is 1. The molecule has 0 aromatic carbocycles. The number of methoxy groups -OCH3 is 2. The molecule has 1 saturated carbocycles. The van der Waals surface area contributed by atoms with Crippen molar-refractivity contribution in [2.45, 2.75) is 18.3 Å². The number of fused-ring (bicyclic) bond motifs is 1. The van der Waals surface area contributed by atoms with Crippen molar-refractivity contribution in [3.63, 3.8) is 0 Å². The minimum Gasteiger partial charge on any atom is -0.480 e. The first-order chi connectivity index (χ1) is 15.0. The first kappa shape index (κ1) is 19.6. The zero-order valence-corrected chi connectivity index (χ0v) is 17.1. The third kappa shape index (κ3) is 3.32. The topological polar surface area (TPSA) is 87.3 Å². The summed E-state index contributed by atoms with van der Waals surface area (Å²) >= 11 is 5.82. The van der Waals surface area contributed by atoms with Gasteiger partial charge < -0.3 is 9.47 Å². The predicted molar refractivity (Wildman–Crippen MR) is 106 cm³/mol. The van der Waals surface area contributed by atoms with Crippen LogP contribution in [0.2, 0.25) is 5.02 Å². The fourth-order valence-corrected chi connectivity index (χ4v) is 3.83. The third-order valence-corrected chi connectivity index (χ3v) is 5.42. The molecule has 0 N–H and O–H groups in total. The Morgan fingerprint density at radius 1 is 1.03 bits per heavy atom. The van der Waals surface area contributed by atoms with Crippen molar-refractivity contribution < 1.29 is 18.3 Å². The van der Waals surface area contributed by atoms with Crippen LogP contribution in [0, 0.1) is 11.8 Å². The molecule has 0 unspecified atom stereocenters. The highest BCUT2D eigenvalue weighted by Gasteiger charge is 2.44. The van der Waals surface area contributed by atoms with E-state index in [9.17, 15) is 8.78 Å². The molecule has 8 nitrogen and oxygen atoms in total. The molecule has 1 fully saturated rings. The molecule has 0 radical (unpaired) electrons. The van der Waals surface area contributed by atoms with Crippen LogP contribution in [0.5, 0.6) is 11.9 Å². The molecule has 0 aliphatic heterocycles. The Morgan fingerprint density at radius 3 is 2.61 bits per heavy atom. The van der Waals surface area contributed by atoms with Crippen LogP contribution >= 0.6 is 11.6 Å². The van der Waals surface area contributed by atoms with Gasteiger partial charge in [0.15, 0.2) is 5.65 Å². The molecule has 1 aliphatic carbocycles. The fraction of sp³-hybridized carbons (Fsp3) is 0.250. The van der Waals surface area contributed by atoms with E-state index in [2.05, 4.69) is 25.0 Å². The monoisotopic (exact) mass is 444 g/mol. The molecule has 0 bridgehead atoms. The Kier molecular flexibility index (Phi) is 4.66. The van der Waals surface area contributed by atoms with Gasteiger partial charge in [0.25, 0.3) is 0 Å². The van der Waals surface area contributed by atoms with E-state index in [1.807, 2.05) is 0 Å². The maximum absolute atomic E-state index is 14.4. The Labute approximate surface area is 179 Å². The average Bonchev–Trinajstić information content (AvgIpc) is 3.48. The van der Waals surface area contributed by atoms with Crippen LogP contribution in [0.1, 0.15) is 29.5 Å². The van der Waals surface area contributed by atoms with Crippen LogP contribution in [0.15, 0.2) is 30.7 Å². The van der Waals surface area contributed by atoms with Crippen LogP contribution in [0.3, 0.4) is 0 Å². The maximum atomic E-state index is 14.4. The van der Waals surface area contributed by atoms with Gasteiger partial charge in [-0.15, -0.1) is 0 Å². The molecule has 11 heteroatoms. The van der Waals surface area contributed by atoms with E-state index >= 15 is 0 Å². The lowest BCUT2D eigenvalue weighted by molar-refractivity contribution is 0.353. The number of halogens is 3. The molecule has 0 saturated heterocycles. The number of imidazole rings is 1. The van der Waals surface area contributed by atoms with Gasteiger partial charge in [-0.3, -0.25) is 4.98 Å². The first-order valence-electron chi connectivity index (χ1n) is 9.30. The SMILES string of the molecule is COc1ncc(-c2cc([C@H]3C[C@@H]3c3ncc(Cl)cc3F)c3ncc(F)n3n2)c(OC)n1. The highest BCUT2D eigenvalue weighted by Crippen LogP contribution is 2.55. The number of nitrogens with zero attached hydrogens (tertiary/aromatic N) is 6. The van der Waals surface area contributed by atoms with E-state index in [0.717, 1.165) is 10.7 Å². The van der Waals surface area contributed by atoms with Crippen molar-refractivity contribution in [2.75, 3.05) is 14.2 Å². The van der Waals surface area contributed by atoms with Crippen LogP contribution in [0.25, 0.3) is 16.9 Å². The molecule has 31 heavy (non-hydrogen) atoms. The van der Waals surface area contributed by atoms with E-state index in [0.29, 0.717) is 34.6 Å². The summed E-state index contributed by atoms with van der Waals surface area (Å²) in [5.41, 5.74) is 2.23. The number of hydrogen-bond acceptors (Lipinski definition) is 7. The molecule has 1 aliphatic rings. The summed E-state index contributed by atoms with van der Waals surface area (Å²) in [6.07, 6.45) is 4.63. The minimum absolute atomic E-state index is 0.112. The van der Waals surface area contributed by atoms with Gasteiger partial charge in [0.1, 0.15) is 5.82 Å². The van der Waals surface area contributed by atoms with E-state index in [4.69, 9.17) is 21.1 Å². The Bertz CT molecular complexity index is 1310. The molecule has 4 aromatic rings. The Morgan fingerprint density at radius 2 is 1.87 bits per heavy atom. The molecule has 0 spiro atoms. The molecule has 5 rings (SSSR count). The van der Waals surface area contributed by atoms with E-state index in [1.54, 1.807) is 6.07 Å². The standard InChI is InChI=1S/C20H15ClF2N6O2/c1-30-19-13(7-26-20(27-19)31-2)15-5-12(18-25-8-16(23)29(18)28-15)10-4-11(10)17-14(22)3-9(21)6-24-17/h3,5-8,10-11H,4H2,1-2H3/t10-,11-/m0/s1. The van der Waals surface area contributed by atoms with Gasteiger partial charge in [0.2, 0.25) is 11.8 Å². The van der Waals surface area contributed by atoms with E-state index < -0.39 is 11.8 Å². The van der Waals surface area contributed by atoms with Crippen LogP contribution in [-0.2, 0) is 0 Å². The van der Waals surface area contributed by atoms with Crippen molar-refractivity contribution in [3.8, 4) is 23.1 Å². The number of hydrogen-bond donors (Lipinski definition) is 0. The summed E-state index contributed by atoms with van der Waals surface area (Å²) in [7, 11) is 2.89. The first-order valence-corrected chi connectivity index (χ1v) is 9.68. The molecule has 158 valence electrons. The van der Waals surface area contributed by atoms with Crippen molar-refractivity contribution in [1.29, 1.82) is 0 Å². The summed E-state index contributed by atoms with van der Waals surface area (Å²) in [5, 5.41) is 4.57. The lowest BCUT2D eigenvalue weighted by Crippen LogP contribution is -2.04. The normalized spacial score (nSPS) is 17.7. The molecule has 4 heterocycles. The predicted octanol–water partition coefficient (Wildman–Crippen LogP) is 3.80. The lowest BCUT2D eigenvalue weighted by atomic mass is 10.1. The number of aromatic nitrogens is 6. The minimum atomic E-state index is -0.625. The van der Waals surface area contributed by atoms with Gasteiger partial charge >= 0.3 is 6.01 Å². The van der Waals surface area contributed by atoms with Gasteiger partial charge in [0.05, 0.1) is 42.4 Å². The van der Waals surface area contributed by atoms with E-state index in [1.165, 1.54) is 32.7 Å². The van der Waals surface area contributed by atoms with Gasteiger partial charge in [-0.2, -0.15) is 19.0 Å². The number of ether oxygens (including phenoxy) is 2. The Balaban J connectivity index is 1.62. The van der Waals surface area contributed by atoms with Gasteiger partial charge in [-0.1, -0.05) is 11.6 Å². The molecular weight excluding hydrogens is 430 g/mol. The summed E-state index contributed by atoms with van der Waals surface area (Å²) in [6.45, 7) is 0. The van der Waals surface area contributed by atoms with Gasteiger partial charge in [-0.05, 0) is 24.5 Å². The Hall–Kier alpha value is -3.40. The fourth-order valence-electron chi connectivity index (χ4n) is 3.69. The van der Waals surface area contributed by atoms with Crippen LogP contribution in [0.4, 0.5) is 8.78 Å². The highest BCUT2D eigenvalue weighted by molar-refractivity contribution is 6.30. The summed E-state index contributed by atoms with van der Waals surface area (Å²) in [5.74, 6) is -1.16. The van der Waals surface area contributed by atoms with Crippen molar-refractivity contribution in [3.05, 3.63) is 58.8 Å². The average molecular weight is 445 g/mol. The number of rotatable bonds is 5. The quantitative estimate of drug-likeness (QED) is 0.462. The second-order valence-corrected chi connectivity index (χ2v) is 7.49. The van der Waals surface area contributed by atoms with Crippen LogP contribution < -0.4 is 9.47 Å². The van der Waals surface area contributed by atoms with Crippen molar-refractivity contribution >= 4 is 17.2 Å².